The van der Waals surface area contributed by atoms with Gasteiger partial charge in [0.25, 0.3) is 5.91 Å². The fraction of sp³-hybridized carbons (Fsp3) is 0.938. The highest BCUT2D eigenvalue weighted by atomic mass is 16.5. The number of carbonyl (C=O) groups excluding carboxylic acids is 1. The van der Waals surface area contributed by atoms with Crippen LogP contribution in [0.3, 0.4) is 0 Å². The minimum atomic E-state index is -0.241. The van der Waals surface area contributed by atoms with E-state index < -0.39 is 0 Å². The fourth-order valence-corrected chi connectivity index (χ4v) is 3.45. The van der Waals surface area contributed by atoms with Crippen molar-refractivity contribution in [1.82, 2.24) is 4.90 Å². The van der Waals surface area contributed by atoms with E-state index in [9.17, 15) is 4.79 Å². The van der Waals surface area contributed by atoms with Crippen molar-refractivity contribution in [2.45, 2.75) is 65.1 Å². The van der Waals surface area contributed by atoms with E-state index in [1.54, 1.807) is 0 Å². The lowest BCUT2D eigenvalue weighted by Gasteiger charge is -2.30. The summed E-state index contributed by atoms with van der Waals surface area (Å²) in [6, 6.07) is 0. The van der Waals surface area contributed by atoms with Gasteiger partial charge in [0.2, 0.25) is 0 Å². The van der Waals surface area contributed by atoms with Gasteiger partial charge in [-0.25, -0.2) is 0 Å². The SMILES string of the molecule is CC(C)(C)C1CCCN(C(=O)C2CCC(CN)O2)CC1. The molecule has 3 atom stereocenters. The van der Waals surface area contributed by atoms with Crippen molar-refractivity contribution >= 4 is 5.91 Å². The number of nitrogens with two attached hydrogens (primary N) is 1. The zero-order valence-corrected chi connectivity index (χ0v) is 13.2. The molecule has 0 aromatic rings. The van der Waals surface area contributed by atoms with E-state index in [1.165, 1.54) is 6.42 Å². The third-order valence-corrected chi connectivity index (χ3v) is 4.91. The van der Waals surface area contributed by atoms with Gasteiger partial charge in [0.05, 0.1) is 6.10 Å². The predicted molar refractivity (Wildman–Crippen MR) is 80.3 cm³/mol. The molecule has 2 rings (SSSR count). The Balaban J connectivity index is 1.89. The molecule has 4 heteroatoms. The van der Waals surface area contributed by atoms with Gasteiger partial charge in [0.1, 0.15) is 6.10 Å². The normalized spacial score (nSPS) is 32.2. The number of hydrogen-bond acceptors (Lipinski definition) is 3. The first-order chi connectivity index (χ1) is 9.41. The molecule has 0 aromatic carbocycles. The molecular weight excluding hydrogens is 252 g/mol. The third-order valence-electron chi connectivity index (χ3n) is 4.91. The minimum absolute atomic E-state index is 0.0817. The summed E-state index contributed by atoms with van der Waals surface area (Å²) >= 11 is 0. The van der Waals surface area contributed by atoms with E-state index in [1.807, 2.05) is 4.90 Å². The summed E-state index contributed by atoms with van der Waals surface area (Å²) < 4.78 is 5.74. The Hall–Kier alpha value is -0.610. The number of likely N-dealkylation sites (tertiary alicyclic amines) is 1. The molecule has 2 aliphatic rings. The van der Waals surface area contributed by atoms with Crippen LogP contribution in [0.1, 0.15) is 52.9 Å². The van der Waals surface area contributed by atoms with Gasteiger partial charge in [0, 0.05) is 19.6 Å². The molecule has 2 N–H and O–H groups in total. The molecule has 2 fully saturated rings. The Morgan fingerprint density at radius 3 is 2.55 bits per heavy atom. The maximum atomic E-state index is 12.5. The average Bonchev–Trinajstić information content (AvgIpc) is 2.72. The summed E-state index contributed by atoms with van der Waals surface area (Å²) in [5, 5.41) is 0. The number of nitrogens with zero attached hydrogens (tertiary/aromatic N) is 1. The molecule has 20 heavy (non-hydrogen) atoms. The van der Waals surface area contributed by atoms with Crippen LogP contribution in [-0.2, 0) is 9.53 Å². The monoisotopic (exact) mass is 282 g/mol. The maximum absolute atomic E-state index is 12.5. The van der Waals surface area contributed by atoms with Gasteiger partial charge in [-0.2, -0.15) is 0 Å². The Labute approximate surface area is 123 Å². The van der Waals surface area contributed by atoms with E-state index >= 15 is 0 Å². The lowest BCUT2D eigenvalue weighted by Crippen LogP contribution is -2.40. The summed E-state index contributed by atoms with van der Waals surface area (Å²) in [4.78, 5) is 14.6. The maximum Gasteiger partial charge on any atom is 0.251 e. The summed E-state index contributed by atoms with van der Waals surface area (Å²) in [6.45, 7) is 9.21. The van der Waals surface area contributed by atoms with Crippen LogP contribution in [0.5, 0.6) is 0 Å². The predicted octanol–water partition coefficient (Wildman–Crippen LogP) is 2.17. The van der Waals surface area contributed by atoms with Crippen LogP contribution in [0.2, 0.25) is 0 Å². The number of rotatable bonds is 2. The molecule has 2 aliphatic heterocycles. The summed E-state index contributed by atoms with van der Waals surface area (Å²) in [5.74, 6) is 0.900. The quantitative estimate of drug-likeness (QED) is 0.844. The Morgan fingerprint density at radius 1 is 1.20 bits per heavy atom. The van der Waals surface area contributed by atoms with E-state index in [2.05, 4.69) is 20.8 Å². The van der Waals surface area contributed by atoms with Gasteiger partial charge in [-0.15, -0.1) is 0 Å². The van der Waals surface area contributed by atoms with Crippen LogP contribution in [0.15, 0.2) is 0 Å². The number of amides is 1. The molecule has 4 nitrogen and oxygen atoms in total. The largest absolute Gasteiger partial charge is 0.364 e. The Kier molecular flexibility index (Phi) is 5.08. The Morgan fingerprint density at radius 2 is 1.95 bits per heavy atom. The summed E-state index contributed by atoms with van der Waals surface area (Å²) in [5.41, 5.74) is 5.96. The first-order valence-electron chi connectivity index (χ1n) is 8.06. The topological polar surface area (TPSA) is 55.6 Å². The molecule has 0 spiro atoms. The van der Waals surface area contributed by atoms with Crippen LogP contribution < -0.4 is 5.73 Å². The zero-order valence-electron chi connectivity index (χ0n) is 13.2. The second-order valence-electron chi connectivity index (χ2n) is 7.38. The van der Waals surface area contributed by atoms with E-state index in [-0.39, 0.29) is 18.1 Å². The molecule has 0 radical (unpaired) electrons. The van der Waals surface area contributed by atoms with E-state index in [0.29, 0.717) is 17.9 Å². The van der Waals surface area contributed by atoms with Gasteiger partial charge in [-0.3, -0.25) is 4.79 Å². The highest BCUT2D eigenvalue weighted by Crippen LogP contribution is 2.34. The van der Waals surface area contributed by atoms with Crippen molar-refractivity contribution < 1.29 is 9.53 Å². The molecule has 0 aliphatic carbocycles. The first kappa shape index (κ1) is 15.8. The van der Waals surface area contributed by atoms with Crippen LogP contribution in [0.25, 0.3) is 0 Å². The van der Waals surface area contributed by atoms with Crippen LogP contribution in [0, 0.1) is 11.3 Å². The van der Waals surface area contributed by atoms with Crippen molar-refractivity contribution in [1.29, 1.82) is 0 Å². The molecule has 0 bridgehead atoms. The number of hydrogen-bond donors (Lipinski definition) is 1. The first-order valence-corrected chi connectivity index (χ1v) is 8.06. The van der Waals surface area contributed by atoms with Gasteiger partial charge < -0.3 is 15.4 Å². The number of carbonyl (C=O) groups is 1. The molecule has 2 saturated heterocycles. The highest BCUT2D eigenvalue weighted by Gasteiger charge is 2.34. The fourth-order valence-electron chi connectivity index (χ4n) is 3.45. The number of ether oxygens (including phenoxy) is 1. The van der Waals surface area contributed by atoms with Crippen molar-refractivity contribution in [3.05, 3.63) is 0 Å². The molecule has 0 saturated carbocycles. The van der Waals surface area contributed by atoms with Crippen molar-refractivity contribution in [3.63, 3.8) is 0 Å². The van der Waals surface area contributed by atoms with Gasteiger partial charge in [0.15, 0.2) is 0 Å². The zero-order chi connectivity index (χ0) is 14.8. The van der Waals surface area contributed by atoms with Crippen molar-refractivity contribution in [2.75, 3.05) is 19.6 Å². The molecular formula is C16H30N2O2. The standard InChI is InChI=1S/C16H30N2O2/c1-16(2,3)12-5-4-9-18(10-8-12)15(19)14-7-6-13(11-17)20-14/h12-14H,4-11,17H2,1-3H3. The highest BCUT2D eigenvalue weighted by molar-refractivity contribution is 5.81. The molecule has 1 amide bonds. The second kappa shape index (κ2) is 6.44. The van der Waals surface area contributed by atoms with Gasteiger partial charge in [-0.05, 0) is 43.4 Å². The van der Waals surface area contributed by atoms with Crippen LogP contribution in [0.4, 0.5) is 0 Å². The van der Waals surface area contributed by atoms with Gasteiger partial charge >= 0.3 is 0 Å². The lowest BCUT2D eigenvalue weighted by atomic mass is 9.77. The molecule has 3 unspecified atom stereocenters. The summed E-state index contributed by atoms with van der Waals surface area (Å²) in [7, 11) is 0. The van der Waals surface area contributed by atoms with Gasteiger partial charge in [-0.1, -0.05) is 20.8 Å². The van der Waals surface area contributed by atoms with E-state index in [0.717, 1.165) is 38.8 Å². The molecule has 116 valence electrons. The van der Waals surface area contributed by atoms with Crippen molar-refractivity contribution in [3.8, 4) is 0 Å². The summed E-state index contributed by atoms with van der Waals surface area (Å²) in [6.07, 6.45) is 5.05. The molecule has 0 aromatic heterocycles. The minimum Gasteiger partial charge on any atom is -0.364 e. The Bertz CT molecular complexity index is 338. The van der Waals surface area contributed by atoms with Crippen molar-refractivity contribution in [2.24, 2.45) is 17.1 Å². The van der Waals surface area contributed by atoms with E-state index in [4.69, 9.17) is 10.5 Å². The lowest BCUT2D eigenvalue weighted by molar-refractivity contribution is -0.142. The van der Waals surface area contributed by atoms with Crippen LogP contribution in [-0.4, -0.2) is 42.6 Å². The third kappa shape index (κ3) is 3.73. The second-order valence-corrected chi connectivity index (χ2v) is 7.38. The average molecular weight is 282 g/mol. The molecule has 2 heterocycles. The van der Waals surface area contributed by atoms with Crippen LogP contribution >= 0.6 is 0 Å². The smallest absolute Gasteiger partial charge is 0.251 e.